The van der Waals surface area contributed by atoms with Crippen molar-refractivity contribution in [1.82, 2.24) is 0 Å². The third kappa shape index (κ3) is 3.32. The van der Waals surface area contributed by atoms with Crippen LogP contribution in [0.5, 0.6) is 0 Å². The van der Waals surface area contributed by atoms with Gasteiger partial charge in [0.15, 0.2) is 0 Å². The van der Waals surface area contributed by atoms with Gasteiger partial charge in [-0.1, -0.05) is 46.3 Å². The van der Waals surface area contributed by atoms with Crippen molar-refractivity contribution in [2.45, 2.75) is 66.7 Å². The molecule has 0 aliphatic heterocycles. The van der Waals surface area contributed by atoms with Crippen molar-refractivity contribution in [1.29, 1.82) is 0 Å². The Hall–Kier alpha value is -0.520. The Labute approximate surface area is 90.1 Å². The molecular weight excluding hydrogens is 168 g/mol. The van der Waals surface area contributed by atoms with Gasteiger partial charge in [0.05, 0.1) is 0 Å². The van der Waals surface area contributed by atoms with Crippen LogP contribution in [0.1, 0.15) is 66.7 Å². The molecule has 0 fully saturated rings. The Kier molecular flexibility index (Phi) is 7.55. The van der Waals surface area contributed by atoms with Crippen molar-refractivity contribution < 1.29 is 0 Å². The SMILES string of the molecule is CC.CCC1=CCCC(CC)=C1CC. The number of hydrogen-bond acceptors (Lipinski definition) is 0. The molecule has 14 heavy (non-hydrogen) atoms. The summed E-state index contributed by atoms with van der Waals surface area (Å²) in [6, 6.07) is 0. The van der Waals surface area contributed by atoms with Crippen LogP contribution >= 0.6 is 0 Å². The van der Waals surface area contributed by atoms with Gasteiger partial charge >= 0.3 is 0 Å². The first-order chi connectivity index (χ1) is 6.83. The minimum absolute atomic E-state index is 1.21. The zero-order valence-corrected chi connectivity index (χ0v) is 10.6. The lowest BCUT2D eigenvalue weighted by molar-refractivity contribution is 0.821. The molecule has 0 amide bonds. The Balaban J connectivity index is 0.000000791. The fourth-order valence-electron chi connectivity index (χ4n) is 2.15. The topological polar surface area (TPSA) is 0 Å². The van der Waals surface area contributed by atoms with E-state index in [-0.39, 0.29) is 0 Å². The predicted octanol–water partition coefficient (Wildman–Crippen LogP) is 5.26. The molecule has 0 atom stereocenters. The van der Waals surface area contributed by atoms with E-state index in [1.165, 1.54) is 32.1 Å². The maximum Gasteiger partial charge on any atom is -0.0280 e. The maximum absolute atomic E-state index is 2.43. The largest absolute Gasteiger partial charge is 0.0807 e. The Morgan fingerprint density at radius 2 is 1.64 bits per heavy atom. The second-order valence-corrected chi connectivity index (χ2v) is 3.41. The quantitative estimate of drug-likeness (QED) is 0.575. The van der Waals surface area contributed by atoms with E-state index in [0.717, 1.165) is 0 Å². The Morgan fingerprint density at radius 3 is 2.07 bits per heavy atom. The minimum atomic E-state index is 1.21. The lowest BCUT2D eigenvalue weighted by Gasteiger charge is -2.19. The molecule has 0 aromatic carbocycles. The maximum atomic E-state index is 2.43. The van der Waals surface area contributed by atoms with Crippen LogP contribution in [0.2, 0.25) is 0 Å². The van der Waals surface area contributed by atoms with Crippen molar-refractivity contribution in [3.05, 3.63) is 22.8 Å². The van der Waals surface area contributed by atoms with Crippen LogP contribution < -0.4 is 0 Å². The average Bonchev–Trinajstić information content (AvgIpc) is 2.30. The molecule has 0 N–H and O–H groups in total. The van der Waals surface area contributed by atoms with Gasteiger partial charge in [0.2, 0.25) is 0 Å². The van der Waals surface area contributed by atoms with E-state index in [1.54, 1.807) is 16.7 Å². The molecule has 0 nitrogen and oxygen atoms in total. The van der Waals surface area contributed by atoms with E-state index >= 15 is 0 Å². The Morgan fingerprint density at radius 1 is 1.00 bits per heavy atom. The van der Waals surface area contributed by atoms with Gasteiger partial charge in [0, 0.05) is 0 Å². The third-order valence-electron chi connectivity index (χ3n) is 2.81. The Bertz CT molecular complexity index is 206. The van der Waals surface area contributed by atoms with Crippen LogP contribution in [0.15, 0.2) is 22.8 Å². The summed E-state index contributed by atoms with van der Waals surface area (Å²) in [6.45, 7) is 10.8. The lowest BCUT2D eigenvalue weighted by Crippen LogP contribution is -1.99. The van der Waals surface area contributed by atoms with E-state index < -0.39 is 0 Å². The number of allylic oxidation sites excluding steroid dienone is 4. The van der Waals surface area contributed by atoms with Crippen molar-refractivity contribution in [2.24, 2.45) is 0 Å². The highest BCUT2D eigenvalue weighted by Gasteiger charge is 2.11. The fourth-order valence-corrected chi connectivity index (χ4v) is 2.15. The first-order valence-electron chi connectivity index (χ1n) is 6.23. The molecule has 0 unspecified atom stereocenters. The summed E-state index contributed by atoms with van der Waals surface area (Å²) in [5.41, 5.74) is 4.98. The fraction of sp³-hybridized carbons (Fsp3) is 0.714. The molecule has 0 saturated carbocycles. The van der Waals surface area contributed by atoms with Crippen molar-refractivity contribution in [2.75, 3.05) is 0 Å². The normalized spacial score (nSPS) is 15.9. The molecule has 82 valence electrons. The third-order valence-corrected chi connectivity index (χ3v) is 2.81. The van der Waals surface area contributed by atoms with Crippen LogP contribution in [0.3, 0.4) is 0 Å². The van der Waals surface area contributed by atoms with E-state index in [1.807, 2.05) is 13.8 Å². The minimum Gasteiger partial charge on any atom is -0.0807 e. The van der Waals surface area contributed by atoms with E-state index in [4.69, 9.17) is 0 Å². The summed E-state index contributed by atoms with van der Waals surface area (Å²) in [5.74, 6) is 0. The highest BCUT2D eigenvalue weighted by atomic mass is 14.2. The second kappa shape index (κ2) is 7.84. The zero-order valence-electron chi connectivity index (χ0n) is 10.6. The van der Waals surface area contributed by atoms with E-state index in [9.17, 15) is 0 Å². The lowest BCUT2D eigenvalue weighted by atomic mass is 9.87. The molecule has 0 saturated heterocycles. The molecule has 1 rings (SSSR count). The van der Waals surface area contributed by atoms with Crippen LogP contribution in [-0.4, -0.2) is 0 Å². The average molecular weight is 194 g/mol. The van der Waals surface area contributed by atoms with Crippen molar-refractivity contribution in [3.63, 3.8) is 0 Å². The predicted molar refractivity (Wildman–Crippen MR) is 66.6 cm³/mol. The summed E-state index contributed by atoms with van der Waals surface area (Å²) in [4.78, 5) is 0. The first kappa shape index (κ1) is 13.5. The number of hydrogen-bond donors (Lipinski definition) is 0. The molecule has 1 aliphatic rings. The summed E-state index contributed by atoms with van der Waals surface area (Å²) < 4.78 is 0. The molecule has 0 heteroatoms. The van der Waals surface area contributed by atoms with Gasteiger partial charge in [0.25, 0.3) is 0 Å². The molecule has 0 radical (unpaired) electrons. The monoisotopic (exact) mass is 194 g/mol. The van der Waals surface area contributed by atoms with Crippen LogP contribution in [0.4, 0.5) is 0 Å². The molecule has 0 aromatic heterocycles. The molecule has 0 spiro atoms. The summed E-state index contributed by atoms with van der Waals surface area (Å²) in [6.07, 6.45) is 8.70. The van der Waals surface area contributed by atoms with Gasteiger partial charge in [-0.2, -0.15) is 0 Å². The van der Waals surface area contributed by atoms with Crippen molar-refractivity contribution >= 4 is 0 Å². The van der Waals surface area contributed by atoms with Gasteiger partial charge in [-0.25, -0.2) is 0 Å². The smallest absolute Gasteiger partial charge is 0.0280 e. The van der Waals surface area contributed by atoms with Crippen LogP contribution in [0, 0.1) is 0 Å². The van der Waals surface area contributed by atoms with E-state index in [2.05, 4.69) is 26.8 Å². The van der Waals surface area contributed by atoms with Gasteiger partial charge in [0.1, 0.15) is 0 Å². The van der Waals surface area contributed by atoms with E-state index in [0.29, 0.717) is 0 Å². The van der Waals surface area contributed by atoms with Crippen molar-refractivity contribution in [3.8, 4) is 0 Å². The summed E-state index contributed by atoms with van der Waals surface area (Å²) >= 11 is 0. The van der Waals surface area contributed by atoms with Crippen LogP contribution in [-0.2, 0) is 0 Å². The number of rotatable bonds is 3. The molecule has 0 bridgehead atoms. The molecule has 0 heterocycles. The summed E-state index contributed by atoms with van der Waals surface area (Å²) in [5, 5.41) is 0. The van der Waals surface area contributed by atoms with Gasteiger partial charge in [-0.3, -0.25) is 0 Å². The zero-order chi connectivity index (χ0) is 11.0. The molecular formula is C14H26. The molecule has 0 aromatic rings. The van der Waals surface area contributed by atoms with Gasteiger partial charge in [-0.05, 0) is 43.3 Å². The highest BCUT2D eigenvalue weighted by molar-refractivity contribution is 5.37. The second-order valence-electron chi connectivity index (χ2n) is 3.41. The standard InChI is InChI=1S/C12H20.C2H6/c1-4-10-8-7-9-11(5-2)12(10)6-3;1-2/h8H,4-7,9H2,1-3H3;1-2H3. The summed E-state index contributed by atoms with van der Waals surface area (Å²) in [7, 11) is 0. The van der Waals surface area contributed by atoms with Gasteiger partial charge in [-0.15, -0.1) is 0 Å². The highest BCUT2D eigenvalue weighted by Crippen LogP contribution is 2.30. The first-order valence-corrected chi connectivity index (χ1v) is 6.23. The molecule has 1 aliphatic carbocycles. The van der Waals surface area contributed by atoms with Gasteiger partial charge < -0.3 is 0 Å². The van der Waals surface area contributed by atoms with Crippen LogP contribution in [0.25, 0.3) is 0 Å².